The van der Waals surface area contributed by atoms with Crippen molar-refractivity contribution in [1.82, 2.24) is 19.9 Å². The van der Waals surface area contributed by atoms with Crippen LogP contribution >= 0.6 is 0 Å². The van der Waals surface area contributed by atoms with Crippen molar-refractivity contribution < 1.29 is 4.74 Å². The zero-order valence-corrected chi connectivity index (χ0v) is 13.2. The van der Waals surface area contributed by atoms with Crippen LogP contribution < -0.4 is 10.1 Å². The van der Waals surface area contributed by atoms with Crippen LogP contribution in [0.4, 0.5) is 0 Å². The molecule has 0 bridgehead atoms. The van der Waals surface area contributed by atoms with Crippen LogP contribution in [-0.4, -0.2) is 34.7 Å². The molecule has 1 unspecified atom stereocenters. The van der Waals surface area contributed by atoms with Gasteiger partial charge in [0.25, 0.3) is 0 Å². The zero-order chi connectivity index (χ0) is 15.6. The SMILES string of the molecule is COc1ccc(Cn2c(C3CCNC3)nc3cccnc32)cc1. The van der Waals surface area contributed by atoms with Gasteiger partial charge in [-0.15, -0.1) is 0 Å². The molecule has 118 valence electrons. The summed E-state index contributed by atoms with van der Waals surface area (Å²) in [5.74, 6) is 2.48. The van der Waals surface area contributed by atoms with E-state index in [9.17, 15) is 0 Å². The number of benzene rings is 1. The Morgan fingerprint density at radius 3 is 2.87 bits per heavy atom. The molecule has 0 aliphatic carbocycles. The Morgan fingerprint density at radius 1 is 1.26 bits per heavy atom. The number of pyridine rings is 1. The van der Waals surface area contributed by atoms with Crippen LogP contribution in [0.1, 0.15) is 23.7 Å². The normalized spacial score (nSPS) is 17.7. The number of methoxy groups -OCH3 is 1. The number of imidazole rings is 1. The second-order valence-electron chi connectivity index (χ2n) is 5.94. The molecule has 1 N–H and O–H groups in total. The first-order valence-corrected chi connectivity index (χ1v) is 8.00. The van der Waals surface area contributed by atoms with Gasteiger partial charge in [-0.2, -0.15) is 0 Å². The lowest BCUT2D eigenvalue weighted by molar-refractivity contribution is 0.414. The number of fused-ring (bicyclic) bond motifs is 1. The molecule has 3 aromatic rings. The van der Waals surface area contributed by atoms with Crippen molar-refractivity contribution in [2.24, 2.45) is 0 Å². The summed E-state index contributed by atoms with van der Waals surface area (Å²) in [6.07, 6.45) is 2.97. The molecule has 23 heavy (non-hydrogen) atoms. The lowest BCUT2D eigenvalue weighted by Gasteiger charge is -2.13. The monoisotopic (exact) mass is 308 g/mol. The molecule has 0 saturated carbocycles. The van der Waals surface area contributed by atoms with Crippen molar-refractivity contribution in [2.75, 3.05) is 20.2 Å². The summed E-state index contributed by atoms with van der Waals surface area (Å²) >= 11 is 0. The minimum Gasteiger partial charge on any atom is -0.497 e. The van der Waals surface area contributed by atoms with Crippen molar-refractivity contribution in [3.8, 4) is 5.75 Å². The molecule has 5 heteroatoms. The van der Waals surface area contributed by atoms with E-state index in [2.05, 4.69) is 27.0 Å². The third-order valence-corrected chi connectivity index (χ3v) is 4.46. The van der Waals surface area contributed by atoms with Crippen molar-refractivity contribution in [3.63, 3.8) is 0 Å². The second-order valence-corrected chi connectivity index (χ2v) is 5.94. The second kappa shape index (κ2) is 6.01. The van der Waals surface area contributed by atoms with Crippen LogP contribution in [0.25, 0.3) is 11.2 Å². The Kier molecular flexibility index (Phi) is 3.71. The molecule has 1 saturated heterocycles. The van der Waals surface area contributed by atoms with E-state index in [4.69, 9.17) is 9.72 Å². The summed E-state index contributed by atoms with van der Waals surface area (Å²) in [4.78, 5) is 9.42. The number of aromatic nitrogens is 3. The molecular formula is C18H20N4O. The third-order valence-electron chi connectivity index (χ3n) is 4.46. The Labute approximate surface area is 135 Å². The maximum absolute atomic E-state index is 5.24. The zero-order valence-electron chi connectivity index (χ0n) is 13.2. The number of rotatable bonds is 4. The average molecular weight is 308 g/mol. The fraction of sp³-hybridized carbons (Fsp3) is 0.333. The van der Waals surface area contributed by atoms with Gasteiger partial charge in [0.2, 0.25) is 0 Å². The number of ether oxygens (including phenoxy) is 1. The molecular weight excluding hydrogens is 288 g/mol. The fourth-order valence-electron chi connectivity index (χ4n) is 3.23. The largest absolute Gasteiger partial charge is 0.497 e. The molecule has 3 heterocycles. The van der Waals surface area contributed by atoms with E-state index in [1.807, 2.05) is 30.5 Å². The number of hydrogen-bond acceptors (Lipinski definition) is 4. The minimum absolute atomic E-state index is 0.461. The highest BCUT2D eigenvalue weighted by molar-refractivity contribution is 5.71. The van der Waals surface area contributed by atoms with E-state index in [0.29, 0.717) is 5.92 Å². The quantitative estimate of drug-likeness (QED) is 0.805. The van der Waals surface area contributed by atoms with Crippen LogP contribution in [0.3, 0.4) is 0 Å². The van der Waals surface area contributed by atoms with Crippen molar-refractivity contribution in [3.05, 3.63) is 54.0 Å². The topological polar surface area (TPSA) is 52.0 Å². The van der Waals surface area contributed by atoms with Gasteiger partial charge in [0.1, 0.15) is 17.1 Å². The van der Waals surface area contributed by atoms with Crippen LogP contribution in [0.5, 0.6) is 5.75 Å². The first kappa shape index (κ1) is 14.2. The number of nitrogens with zero attached hydrogens (tertiary/aromatic N) is 3. The first-order chi connectivity index (χ1) is 11.3. The highest BCUT2D eigenvalue weighted by Gasteiger charge is 2.23. The number of nitrogens with one attached hydrogen (secondary N) is 1. The van der Waals surface area contributed by atoms with Crippen LogP contribution in [-0.2, 0) is 6.54 Å². The van der Waals surface area contributed by atoms with Gasteiger partial charge in [-0.25, -0.2) is 9.97 Å². The molecule has 1 aromatic carbocycles. The van der Waals surface area contributed by atoms with Gasteiger partial charge >= 0.3 is 0 Å². The Bertz CT molecular complexity index is 804. The third kappa shape index (κ3) is 2.68. The molecule has 1 aliphatic heterocycles. The van der Waals surface area contributed by atoms with Gasteiger partial charge in [-0.3, -0.25) is 0 Å². The van der Waals surface area contributed by atoms with Gasteiger partial charge in [0.15, 0.2) is 5.65 Å². The maximum atomic E-state index is 5.24. The highest BCUT2D eigenvalue weighted by Crippen LogP contribution is 2.26. The van der Waals surface area contributed by atoms with Crippen molar-refractivity contribution in [2.45, 2.75) is 18.9 Å². The highest BCUT2D eigenvalue weighted by atomic mass is 16.5. The summed E-state index contributed by atoms with van der Waals surface area (Å²) in [7, 11) is 1.69. The lowest BCUT2D eigenvalue weighted by atomic mass is 10.1. The Balaban J connectivity index is 1.75. The van der Waals surface area contributed by atoms with E-state index < -0.39 is 0 Å². The van der Waals surface area contributed by atoms with E-state index in [0.717, 1.165) is 48.8 Å². The predicted octanol–water partition coefficient (Wildman–Crippen LogP) is 2.57. The van der Waals surface area contributed by atoms with Gasteiger partial charge in [0, 0.05) is 18.7 Å². The van der Waals surface area contributed by atoms with E-state index in [-0.39, 0.29) is 0 Å². The molecule has 2 aromatic heterocycles. The standard InChI is InChI=1S/C18H20N4O/c1-23-15-6-4-13(5-7-15)12-22-17(14-8-10-19-11-14)21-16-3-2-9-20-18(16)22/h2-7,9,14,19H,8,10-12H2,1H3. The van der Waals surface area contributed by atoms with Crippen LogP contribution in [0.2, 0.25) is 0 Å². The van der Waals surface area contributed by atoms with Crippen LogP contribution in [0.15, 0.2) is 42.6 Å². The molecule has 1 fully saturated rings. The fourth-order valence-corrected chi connectivity index (χ4v) is 3.23. The summed E-state index contributed by atoms with van der Waals surface area (Å²) in [6, 6.07) is 12.2. The molecule has 4 rings (SSSR count). The van der Waals surface area contributed by atoms with Crippen LogP contribution in [0, 0.1) is 0 Å². The van der Waals surface area contributed by atoms with Crippen molar-refractivity contribution >= 4 is 11.2 Å². The van der Waals surface area contributed by atoms with Crippen molar-refractivity contribution in [1.29, 1.82) is 0 Å². The predicted molar refractivity (Wildman–Crippen MR) is 89.9 cm³/mol. The first-order valence-electron chi connectivity index (χ1n) is 8.00. The maximum Gasteiger partial charge on any atom is 0.160 e. The van der Waals surface area contributed by atoms with Gasteiger partial charge in [-0.05, 0) is 42.8 Å². The minimum atomic E-state index is 0.461. The summed E-state index contributed by atoms with van der Waals surface area (Å²) in [6.45, 7) is 2.83. The molecule has 0 radical (unpaired) electrons. The summed E-state index contributed by atoms with van der Waals surface area (Å²) in [5.41, 5.74) is 3.16. The Hall–Kier alpha value is -2.40. The average Bonchev–Trinajstić information content (AvgIpc) is 3.24. The van der Waals surface area contributed by atoms with E-state index in [1.165, 1.54) is 5.56 Å². The molecule has 0 amide bonds. The molecule has 1 atom stereocenters. The van der Waals surface area contributed by atoms with Gasteiger partial charge in [0.05, 0.1) is 13.7 Å². The van der Waals surface area contributed by atoms with E-state index in [1.54, 1.807) is 7.11 Å². The van der Waals surface area contributed by atoms with Gasteiger partial charge < -0.3 is 14.6 Å². The smallest absolute Gasteiger partial charge is 0.160 e. The molecule has 0 spiro atoms. The molecule has 5 nitrogen and oxygen atoms in total. The lowest BCUT2D eigenvalue weighted by Crippen LogP contribution is -2.13. The van der Waals surface area contributed by atoms with E-state index >= 15 is 0 Å². The number of hydrogen-bond donors (Lipinski definition) is 1. The summed E-state index contributed by atoms with van der Waals surface area (Å²) < 4.78 is 7.50. The van der Waals surface area contributed by atoms with Gasteiger partial charge in [-0.1, -0.05) is 12.1 Å². The Morgan fingerprint density at radius 2 is 2.13 bits per heavy atom. The summed E-state index contributed by atoms with van der Waals surface area (Å²) in [5, 5.41) is 3.43. The molecule has 1 aliphatic rings.